The molecule has 0 saturated carbocycles. The van der Waals surface area contributed by atoms with Crippen molar-refractivity contribution in [1.82, 2.24) is 34.7 Å². The number of nitrogens with two attached hydrogens (primary N) is 1. The molecule has 132 heavy (non-hydrogen) atoms. The molecule has 0 unspecified atom stereocenters. The number of carboxylic acids is 1. The number of carbonyl (C=O) groups excluding carboxylic acids is 7. The number of nitrogens with one attached hydrogen (secondary N) is 1. The van der Waals surface area contributed by atoms with Gasteiger partial charge in [-0.05, 0) is 276 Å². The van der Waals surface area contributed by atoms with Crippen LogP contribution in [0, 0.1) is 65.7 Å². The van der Waals surface area contributed by atoms with Crippen molar-refractivity contribution in [2.24, 2.45) is 15.7 Å². The number of aryl methyl sites for hydroxylation is 7. The maximum Gasteiger partial charge on any atom is 1.00 e. The summed E-state index contributed by atoms with van der Waals surface area (Å²) in [6, 6.07) is 27.5. The fourth-order valence-electron chi connectivity index (χ4n) is 11.5. The molecule has 2 atom stereocenters. The molecular formula is C89H110Br3Cl2F2I2K2N11O14S7. The molecule has 43 heteroatoms. The Balaban J connectivity index is -0.00000145. The van der Waals surface area contributed by atoms with Crippen molar-refractivity contribution in [2.75, 3.05) is 19.1 Å². The van der Waals surface area contributed by atoms with Gasteiger partial charge in [0.05, 0.1) is 71.6 Å². The normalized spacial score (nSPS) is 12.5. The molecule has 0 spiro atoms. The minimum absolute atomic E-state index is 0. The number of benzene rings is 2. The van der Waals surface area contributed by atoms with Gasteiger partial charge < -0.3 is 46.8 Å². The Morgan fingerprint density at radius 3 is 1.62 bits per heavy atom. The largest absolute Gasteiger partial charge is 1.00 e. The van der Waals surface area contributed by atoms with Crippen molar-refractivity contribution in [2.45, 2.75) is 215 Å². The summed E-state index contributed by atoms with van der Waals surface area (Å²) in [5, 5.41) is 35.6. The van der Waals surface area contributed by atoms with Gasteiger partial charge in [0.15, 0.2) is 24.3 Å². The van der Waals surface area contributed by atoms with Gasteiger partial charge in [-0.25, -0.2) is 9.18 Å². The van der Waals surface area contributed by atoms with E-state index in [0.717, 1.165) is 89.7 Å². The summed E-state index contributed by atoms with van der Waals surface area (Å²) >= 11 is 31.9. The number of nitrogens with zero attached hydrogens (tertiary/aromatic N) is 9. The number of ketones is 1. The number of primary amides is 1. The van der Waals surface area contributed by atoms with Crippen molar-refractivity contribution in [3.63, 3.8) is 0 Å². The molecule has 10 aromatic heterocycles. The number of aliphatic imine (C=N–C) groups is 2. The molecule has 1 fully saturated rings. The predicted octanol–water partition coefficient (Wildman–Crippen LogP) is 18.8. The van der Waals surface area contributed by atoms with Crippen LogP contribution in [-0.4, -0.2) is 141 Å². The van der Waals surface area contributed by atoms with E-state index in [-0.39, 0.29) is 217 Å². The number of halogens is 9. The number of carboxylic acid groups (broad SMARTS) is 1. The van der Waals surface area contributed by atoms with E-state index in [4.69, 9.17) is 54.6 Å². The monoisotopic (exact) mass is 2460 g/mol. The van der Waals surface area contributed by atoms with Crippen LogP contribution in [0.15, 0.2) is 109 Å². The summed E-state index contributed by atoms with van der Waals surface area (Å²) in [5.74, 6) is -2.09. The Morgan fingerprint density at radius 1 is 0.689 bits per heavy atom. The van der Waals surface area contributed by atoms with Crippen molar-refractivity contribution in [3.8, 4) is 11.1 Å². The molecule has 0 radical (unpaired) electrons. The van der Waals surface area contributed by atoms with Crippen LogP contribution in [0.25, 0.3) is 46.6 Å². The number of hydrogen-bond donors (Lipinski definition) is 3. The number of ether oxygens (including phenoxy) is 3. The number of esters is 3. The molecule has 712 valence electrons. The van der Waals surface area contributed by atoms with Crippen LogP contribution in [0.1, 0.15) is 180 Å². The second-order valence-electron chi connectivity index (χ2n) is 30.2. The van der Waals surface area contributed by atoms with Gasteiger partial charge in [-0.2, -0.15) is 14.9 Å². The molecule has 3 aliphatic rings. The number of aromatic nitrogens is 6. The van der Waals surface area contributed by atoms with Crippen LogP contribution in [0.3, 0.4) is 0 Å². The molecule has 15 rings (SSSR count). The Labute approximate surface area is 950 Å². The first-order valence-corrected chi connectivity index (χ1v) is 49.0. The minimum Gasteiger partial charge on any atom is -1.00 e. The van der Waals surface area contributed by atoms with Crippen molar-refractivity contribution in [3.05, 3.63) is 196 Å². The van der Waals surface area contributed by atoms with Crippen LogP contribution < -0.4 is 119 Å². The van der Waals surface area contributed by atoms with E-state index in [9.17, 15) is 42.3 Å². The van der Waals surface area contributed by atoms with Gasteiger partial charge in [-0.15, -0.1) is 91.8 Å². The second kappa shape index (κ2) is 63.1. The average Bonchev–Trinajstić information content (AvgIpc) is 1.57. The summed E-state index contributed by atoms with van der Waals surface area (Å²) in [6.07, 6.45) is 2.50. The number of thiophene rings is 7. The average molecular weight is 2460 g/mol. The maximum atomic E-state index is 13.3. The molecule has 0 aliphatic carbocycles. The van der Waals surface area contributed by atoms with E-state index >= 15 is 0 Å². The third-order valence-electron chi connectivity index (χ3n) is 16.2. The van der Waals surface area contributed by atoms with E-state index in [1.54, 1.807) is 38.1 Å². The van der Waals surface area contributed by atoms with Crippen molar-refractivity contribution in [1.29, 1.82) is 0 Å². The number of hydrogen-bond acceptors (Lipinski definition) is 26. The fourth-order valence-corrected chi connectivity index (χ4v) is 21.1. The summed E-state index contributed by atoms with van der Waals surface area (Å²) in [7, 11) is 1.75. The number of fused-ring (bicyclic) bond motifs is 5. The SMILES string of the molecule is C.C.CC(C)(C)OC(=O)CBr.CF.Cc1c(CC(=O)[C@@H]2C[C@@H](F)CN2)cccc1-c1ccccc1Cl.Cc1cc(Br)c(C=O)s1.Cc1cc(Br)cs1.Cc1cc2c(s1)C(I)=NC2.Cc1cc2c(s1)C=NC2.Cc1cc2c(s1)c(C(N)=O)nn2CC(=O)O.Cc1cc2c(s1)c(I)nn2CC(=O)OC(C)(C)C.Cl.O=CO[O-].[2H]C.[C-]#[N+]c1nn(CC(=O)OC(C)(C)C)c2cc(C)sc12.[H-].[K+].[K+]. The summed E-state index contributed by atoms with van der Waals surface area (Å²) in [5.41, 5.74) is 13.3. The quantitative estimate of drug-likeness (QED) is 0.0105. The van der Waals surface area contributed by atoms with Crippen LogP contribution in [-0.2, 0) is 87.0 Å². The summed E-state index contributed by atoms with van der Waals surface area (Å²) < 4.78 is 55.3. The Bertz CT molecular complexity index is 5850. The van der Waals surface area contributed by atoms with E-state index in [2.05, 4.69) is 191 Å². The Kier molecular flexibility index (Phi) is 61.4. The molecule has 13 heterocycles. The van der Waals surface area contributed by atoms with Gasteiger partial charge in [-0.3, -0.25) is 57.3 Å². The van der Waals surface area contributed by atoms with Gasteiger partial charge in [0, 0.05) is 86.0 Å². The molecule has 12 aromatic rings. The number of amides is 1. The smallest absolute Gasteiger partial charge is 1.00 e. The number of Topliss-reactive ketones (excluding diaryl/α,β-unsaturated/α-hetero) is 1. The molecule has 4 N–H and O–H groups in total. The van der Waals surface area contributed by atoms with Gasteiger partial charge in [0.2, 0.25) is 0 Å². The third-order valence-corrected chi connectivity index (χ3v) is 28.1. The number of rotatable bonds is 14. The van der Waals surface area contributed by atoms with Gasteiger partial charge in [0.1, 0.15) is 48.8 Å². The minimum atomic E-state index is -1.01. The zero-order chi connectivity index (χ0) is 96.4. The molecule has 1 amide bonds. The molecule has 25 nitrogen and oxygen atoms in total. The van der Waals surface area contributed by atoms with Crippen LogP contribution >= 0.6 is 196 Å². The molecule has 3 aliphatic heterocycles. The Morgan fingerprint density at radius 2 is 1.18 bits per heavy atom. The van der Waals surface area contributed by atoms with Gasteiger partial charge in [-0.1, -0.05) is 92.8 Å². The molecular weight excluding hydrogens is 2350 g/mol. The predicted molar refractivity (Wildman–Crippen MR) is 560 cm³/mol. The van der Waals surface area contributed by atoms with E-state index in [1.807, 2.05) is 173 Å². The van der Waals surface area contributed by atoms with Crippen LogP contribution in [0.4, 0.5) is 14.6 Å². The number of carbonyl (C=O) groups is 8. The fraction of sp³-hybridized carbons (Fsp3) is 0.393. The van der Waals surface area contributed by atoms with E-state index in [0.29, 0.717) is 34.7 Å². The molecule has 0 bridgehead atoms. The standard InChI is InChI=1S/C19H19ClFNO.C13H15N3O2S.C12H15IN2O2S.C9H9N3O3S.C7H6INS.C7H7NS.C6H11BrO2.C6H5BrOS.C5H5BrS.CH3F.CH2O3.3CH4.ClH.2K.H/c1-12-13(9-19(23)18-10-14(21)11-22-18)5-4-7-15(12)16-6-2-3-8-17(16)20;1-8-6-9-11(19-8)12(14-5)15-16(9)7-10(17)18-13(2,3)4;1-7-5-8-10(18-7)11(13)14-15(8)6-9(16)17-12(2,3)4;1-4-2-5-8(16-4)7(9(10)15)11-12(5)3-6(13)14;1-4-2-5-3-9-7(8)6(5)10-4;1-5-2-6-3-8-4-7(6)9-5;1-6(2,3)9-5(8)4-7;1-4-2-5(7)6(3-8)9-4;1-4-2-5(6)3-7-4;1-2;2-1-4-3;;;;;;;/h2-8,14,18,22H,9-11H2,1H3;6H,7H2,1-4H3;5H,6H2,1-4H3;2H,3H2,1H3,(H2,10,15)(H,13,14);2H,3H2,1H3;2,4H,3H2,1H3;4H2,1-3H3;2-3H,1H3;2-3H,1H3;1H3;1,3H;3*1H4;1H;;;/q;;;;;;;;;;;;;;;2*+1;-1/p-1/t14-,18+;;;;;;;;;;;;;;;;;/m1................./s1/i;;;;;;;;;;;1D;;;;;;. The van der Waals surface area contributed by atoms with Crippen molar-refractivity contribution >= 4 is 291 Å². The zero-order valence-corrected chi connectivity index (χ0v) is 98.2. The third kappa shape index (κ3) is 44.0. The number of aldehydes is 1. The molecule has 1 saturated heterocycles. The first kappa shape index (κ1) is 128. The van der Waals surface area contributed by atoms with Crippen LogP contribution in [0.2, 0.25) is 5.02 Å². The van der Waals surface area contributed by atoms with E-state index in [1.165, 1.54) is 94.7 Å². The maximum absolute atomic E-state index is 13.3. The zero-order valence-electron chi connectivity index (χ0n) is 77.6. The first-order valence-electron chi connectivity index (χ1n) is 38.9. The van der Waals surface area contributed by atoms with Crippen molar-refractivity contribution < 1.29 is 182 Å². The summed E-state index contributed by atoms with van der Waals surface area (Å²) in [4.78, 5) is 114. The first-order chi connectivity index (χ1) is 60.1. The summed E-state index contributed by atoms with van der Waals surface area (Å²) in [6.45, 7) is 41.7. The molecule has 2 aromatic carbocycles. The topological polar surface area (TPSA) is 337 Å². The Hall–Kier alpha value is -3.73. The van der Waals surface area contributed by atoms with E-state index < -0.39 is 29.3 Å². The van der Waals surface area contributed by atoms with Gasteiger partial charge >= 0.3 is 132 Å². The number of aliphatic carboxylic acids is 1. The second-order valence-corrected chi connectivity index (χ2v) is 43.7. The number of alkyl halides is 3. The van der Waals surface area contributed by atoms with Crippen LogP contribution in [0.5, 0.6) is 0 Å². The van der Waals surface area contributed by atoms with Gasteiger partial charge in [0.25, 0.3) is 12.4 Å².